The van der Waals surface area contributed by atoms with Crippen LogP contribution in [0, 0.1) is 5.92 Å². The van der Waals surface area contributed by atoms with Crippen LogP contribution in [0.1, 0.15) is 19.3 Å². The number of hydrogen-bond acceptors (Lipinski definition) is 3. The second kappa shape index (κ2) is 8.47. The molecule has 21 heavy (non-hydrogen) atoms. The Hall–Kier alpha value is -0.970. The predicted molar refractivity (Wildman–Crippen MR) is 87.1 cm³/mol. The Bertz CT molecular complexity index is 471. The number of hydrogen-bond donors (Lipinski definition) is 1. The van der Waals surface area contributed by atoms with Crippen molar-refractivity contribution >= 4 is 29.9 Å². The summed E-state index contributed by atoms with van der Waals surface area (Å²) < 4.78 is 5.59. The lowest BCUT2D eigenvalue weighted by atomic mass is 10.0. The van der Waals surface area contributed by atoms with E-state index < -0.39 is 0 Å². The number of rotatable bonds is 5. The average molecular weight is 333 g/mol. The van der Waals surface area contributed by atoms with E-state index in [1.807, 2.05) is 12.1 Å². The molecule has 6 heteroatoms. The van der Waals surface area contributed by atoms with Crippen molar-refractivity contribution in [1.29, 1.82) is 0 Å². The molecule has 0 spiro atoms. The Kier molecular flexibility index (Phi) is 7.29. The van der Waals surface area contributed by atoms with Crippen molar-refractivity contribution in [2.45, 2.75) is 25.3 Å². The molecule has 0 aliphatic heterocycles. The number of ether oxygens (including phenoxy) is 1. The van der Waals surface area contributed by atoms with Crippen molar-refractivity contribution in [2.24, 2.45) is 11.7 Å². The molecule has 1 aliphatic rings. The largest absolute Gasteiger partial charge is 0.492 e. The fraction of sp³-hybridized carbons (Fsp3) is 0.533. The highest BCUT2D eigenvalue weighted by molar-refractivity contribution is 6.30. The second-order valence-corrected chi connectivity index (χ2v) is 5.70. The van der Waals surface area contributed by atoms with E-state index in [-0.39, 0.29) is 30.3 Å². The van der Waals surface area contributed by atoms with E-state index in [0.29, 0.717) is 18.2 Å². The first-order valence-electron chi connectivity index (χ1n) is 6.97. The zero-order chi connectivity index (χ0) is 14.5. The fourth-order valence-electron chi connectivity index (χ4n) is 2.55. The molecule has 2 unspecified atom stereocenters. The lowest BCUT2D eigenvalue weighted by Gasteiger charge is -2.23. The molecule has 2 rings (SSSR count). The standard InChI is InChI=1S/C15H21ClN2O2.ClH/c1-18(15(19)13-6-3-7-14(13)17)8-9-20-12-5-2-4-11(16)10-12;/h2,4-5,10,13-14H,3,6-9,17H2,1H3;1H. The SMILES string of the molecule is CN(CCOc1cccc(Cl)c1)C(=O)C1CCCC1N.Cl. The molecule has 1 saturated carbocycles. The number of nitrogens with zero attached hydrogens (tertiary/aromatic N) is 1. The van der Waals surface area contributed by atoms with Gasteiger partial charge in [0, 0.05) is 18.1 Å². The van der Waals surface area contributed by atoms with E-state index in [1.54, 1.807) is 24.1 Å². The third-order valence-corrected chi connectivity index (χ3v) is 3.99. The van der Waals surface area contributed by atoms with Gasteiger partial charge in [-0.3, -0.25) is 4.79 Å². The molecule has 1 fully saturated rings. The normalized spacial score (nSPS) is 20.7. The van der Waals surface area contributed by atoms with E-state index in [1.165, 1.54) is 0 Å². The molecule has 1 aromatic carbocycles. The van der Waals surface area contributed by atoms with Crippen molar-refractivity contribution < 1.29 is 9.53 Å². The minimum atomic E-state index is -0.0221. The van der Waals surface area contributed by atoms with Gasteiger partial charge < -0.3 is 15.4 Å². The van der Waals surface area contributed by atoms with Gasteiger partial charge in [0.2, 0.25) is 5.91 Å². The highest BCUT2D eigenvalue weighted by atomic mass is 35.5. The minimum Gasteiger partial charge on any atom is -0.492 e. The van der Waals surface area contributed by atoms with E-state index in [9.17, 15) is 4.79 Å². The lowest BCUT2D eigenvalue weighted by molar-refractivity contribution is -0.134. The molecule has 1 amide bonds. The van der Waals surface area contributed by atoms with E-state index >= 15 is 0 Å². The highest BCUT2D eigenvalue weighted by Crippen LogP contribution is 2.25. The maximum absolute atomic E-state index is 12.2. The summed E-state index contributed by atoms with van der Waals surface area (Å²) in [6, 6.07) is 7.26. The summed E-state index contributed by atoms with van der Waals surface area (Å²) in [6.07, 6.45) is 2.90. The average Bonchev–Trinajstić information content (AvgIpc) is 2.84. The zero-order valence-corrected chi connectivity index (χ0v) is 13.7. The summed E-state index contributed by atoms with van der Waals surface area (Å²) in [4.78, 5) is 13.9. The number of halogens is 2. The molecular weight excluding hydrogens is 311 g/mol. The zero-order valence-electron chi connectivity index (χ0n) is 12.1. The van der Waals surface area contributed by atoms with E-state index in [0.717, 1.165) is 25.0 Å². The predicted octanol–water partition coefficient (Wildman–Crippen LogP) is 2.73. The van der Waals surface area contributed by atoms with Crippen molar-refractivity contribution in [3.63, 3.8) is 0 Å². The first-order chi connectivity index (χ1) is 9.58. The highest BCUT2D eigenvalue weighted by Gasteiger charge is 2.31. The van der Waals surface area contributed by atoms with Crippen molar-refractivity contribution in [2.75, 3.05) is 20.2 Å². The molecule has 2 atom stereocenters. The molecule has 1 aliphatic carbocycles. The van der Waals surface area contributed by atoms with Gasteiger partial charge in [0.1, 0.15) is 12.4 Å². The van der Waals surface area contributed by atoms with Gasteiger partial charge in [-0.15, -0.1) is 12.4 Å². The van der Waals surface area contributed by atoms with Crippen LogP contribution < -0.4 is 10.5 Å². The van der Waals surface area contributed by atoms with Crippen LogP contribution in [0.4, 0.5) is 0 Å². The summed E-state index contributed by atoms with van der Waals surface area (Å²) in [7, 11) is 1.80. The van der Waals surface area contributed by atoms with Gasteiger partial charge in [-0.1, -0.05) is 24.1 Å². The molecule has 1 aromatic rings. The molecule has 0 saturated heterocycles. The van der Waals surface area contributed by atoms with Crippen LogP contribution in [0.15, 0.2) is 24.3 Å². The first kappa shape index (κ1) is 18.1. The maximum Gasteiger partial charge on any atom is 0.227 e. The van der Waals surface area contributed by atoms with Gasteiger partial charge in [0.15, 0.2) is 0 Å². The van der Waals surface area contributed by atoms with Crippen LogP contribution >= 0.6 is 24.0 Å². The van der Waals surface area contributed by atoms with Crippen LogP contribution in [-0.4, -0.2) is 37.0 Å². The second-order valence-electron chi connectivity index (χ2n) is 5.27. The van der Waals surface area contributed by atoms with Gasteiger partial charge >= 0.3 is 0 Å². The Morgan fingerprint density at radius 3 is 2.86 bits per heavy atom. The number of amides is 1. The van der Waals surface area contributed by atoms with E-state index in [2.05, 4.69) is 0 Å². The van der Waals surface area contributed by atoms with Gasteiger partial charge in [0.05, 0.1) is 12.5 Å². The van der Waals surface area contributed by atoms with Crippen LogP contribution in [0.2, 0.25) is 5.02 Å². The third-order valence-electron chi connectivity index (χ3n) is 3.75. The first-order valence-corrected chi connectivity index (χ1v) is 7.34. The monoisotopic (exact) mass is 332 g/mol. The van der Waals surface area contributed by atoms with Gasteiger partial charge in [-0.2, -0.15) is 0 Å². The van der Waals surface area contributed by atoms with Crippen molar-refractivity contribution in [3.05, 3.63) is 29.3 Å². The number of carbonyl (C=O) groups excluding carboxylic acids is 1. The smallest absolute Gasteiger partial charge is 0.227 e. The van der Waals surface area contributed by atoms with E-state index in [4.69, 9.17) is 22.1 Å². The molecule has 4 nitrogen and oxygen atoms in total. The number of carbonyl (C=O) groups is 1. The Labute approximate surface area is 137 Å². The van der Waals surface area contributed by atoms with Crippen LogP contribution in [0.25, 0.3) is 0 Å². The summed E-state index contributed by atoms with van der Waals surface area (Å²) in [5, 5.41) is 0.642. The molecule has 0 bridgehead atoms. The summed E-state index contributed by atoms with van der Waals surface area (Å²) in [5.41, 5.74) is 5.96. The molecular formula is C15H22Cl2N2O2. The summed E-state index contributed by atoms with van der Waals surface area (Å²) in [5.74, 6) is 0.826. The lowest BCUT2D eigenvalue weighted by Crippen LogP contribution is -2.41. The Balaban J connectivity index is 0.00000220. The molecule has 118 valence electrons. The topological polar surface area (TPSA) is 55.6 Å². The van der Waals surface area contributed by atoms with Crippen molar-refractivity contribution in [3.8, 4) is 5.75 Å². The Morgan fingerprint density at radius 2 is 2.24 bits per heavy atom. The molecule has 2 N–H and O–H groups in total. The van der Waals surface area contributed by atoms with Crippen LogP contribution in [-0.2, 0) is 4.79 Å². The minimum absolute atomic E-state index is 0. The number of nitrogens with two attached hydrogens (primary N) is 1. The van der Waals surface area contributed by atoms with Gasteiger partial charge in [0.25, 0.3) is 0 Å². The van der Waals surface area contributed by atoms with Crippen LogP contribution in [0.5, 0.6) is 5.75 Å². The van der Waals surface area contributed by atoms with Gasteiger partial charge in [-0.05, 0) is 31.0 Å². The number of benzene rings is 1. The Morgan fingerprint density at radius 1 is 1.48 bits per heavy atom. The summed E-state index contributed by atoms with van der Waals surface area (Å²) in [6.45, 7) is 0.999. The fourth-order valence-corrected chi connectivity index (χ4v) is 2.73. The number of likely N-dealkylation sites (N-methyl/N-ethyl adjacent to an activating group) is 1. The third kappa shape index (κ3) is 5.06. The van der Waals surface area contributed by atoms with Crippen LogP contribution in [0.3, 0.4) is 0 Å². The van der Waals surface area contributed by atoms with Gasteiger partial charge in [-0.25, -0.2) is 0 Å². The maximum atomic E-state index is 12.2. The molecule has 0 aromatic heterocycles. The summed E-state index contributed by atoms with van der Waals surface area (Å²) >= 11 is 5.88. The van der Waals surface area contributed by atoms with Crippen molar-refractivity contribution in [1.82, 2.24) is 4.90 Å². The molecule has 0 radical (unpaired) electrons. The molecule has 0 heterocycles. The quantitative estimate of drug-likeness (QED) is 0.901.